The van der Waals surface area contributed by atoms with Crippen molar-refractivity contribution in [1.29, 1.82) is 0 Å². The molecule has 0 fully saturated rings. The van der Waals surface area contributed by atoms with Gasteiger partial charge in [0.15, 0.2) is 0 Å². The molecule has 21 heavy (non-hydrogen) atoms. The van der Waals surface area contributed by atoms with Crippen LogP contribution in [0.25, 0.3) is 10.8 Å². The lowest BCUT2D eigenvalue weighted by atomic mass is 10.0. The molecule has 1 amide bonds. The van der Waals surface area contributed by atoms with Crippen molar-refractivity contribution in [2.75, 3.05) is 6.61 Å². The standard InChI is InChI=1S/C17H21NO3/c1-2-3-4-7-10-21-15-11-14(17(18)20)16(19)13-9-6-5-8-12(13)15/h5-6,8-9,11,19H,2-4,7,10H2,1H3,(H2,18,20). The van der Waals surface area contributed by atoms with Crippen molar-refractivity contribution in [2.24, 2.45) is 5.73 Å². The highest BCUT2D eigenvalue weighted by atomic mass is 16.5. The molecule has 0 saturated carbocycles. The number of amides is 1. The quantitative estimate of drug-likeness (QED) is 0.764. The van der Waals surface area contributed by atoms with Gasteiger partial charge in [0.2, 0.25) is 0 Å². The Morgan fingerprint density at radius 2 is 1.90 bits per heavy atom. The molecule has 0 heterocycles. The number of rotatable bonds is 7. The molecule has 0 spiro atoms. The number of carbonyl (C=O) groups excluding carboxylic acids is 1. The van der Waals surface area contributed by atoms with E-state index >= 15 is 0 Å². The maximum absolute atomic E-state index is 11.4. The first-order chi connectivity index (χ1) is 10.1. The van der Waals surface area contributed by atoms with Crippen molar-refractivity contribution in [1.82, 2.24) is 0 Å². The molecule has 0 atom stereocenters. The highest BCUT2D eigenvalue weighted by Gasteiger charge is 2.15. The molecule has 2 aromatic carbocycles. The lowest BCUT2D eigenvalue weighted by Crippen LogP contribution is -2.12. The third kappa shape index (κ3) is 3.45. The second-order valence-electron chi connectivity index (χ2n) is 5.09. The number of aromatic hydroxyl groups is 1. The van der Waals surface area contributed by atoms with Crippen molar-refractivity contribution in [3.8, 4) is 11.5 Å². The molecular formula is C17H21NO3. The Labute approximate surface area is 124 Å². The first-order valence-electron chi connectivity index (χ1n) is 7.32. The lowest BCUT2D eigenvalue weighted by Gasteiger charge is -2.12. The summed E-state index contributed by atoms with van der Waals surface area (Å²) in [6, 6.07) is 8.82. The van der Waals surface area contributed by atoms with E-state index in [1.165, 1.54) is 18.9 Å². The van der Waals surface area contributed by atoms with Gasteiger partial charge in [-0.1, -0.05) is 50.5 Å². The van der Waals surface area contributed by atoms with Crippen LogP contribution < -0.4 is 10.5 Å². The molecule has 0 bridgehead atoms. The number of fused-ring (bicyclic) bond motifs is 1. The van der Waals surface area contributed by atoms with Crippen LogP contribution in [0.5, 0.6) is 11.5 Å². The first-order valence-corrected chi connectivity index (χ1v) is 7.32. The zero-order valence-electron chi connectivity index (χ0n) is 12.3. The normalized spacial score (nSPS) is 10.7. The maximum Gasteiger partial charge on any atom is 0.252 e. The number of ether oxygens (including phenoxy) is 1. The molecule has 2 aromatic rings. The highest BCUT2D eigenvalue weighted by Crippen LogP contribution is 2.35. The third-order valence-corrected chi connectivity index (χ3v) is 3.50. The Balaban J connectivity index is 2.29. The summed E-state index contributed by atoms with van der Waals surface area (Å²) in [6.45, 7) is 2.75. The van der Waals surface area contributed by atoms with Gasteiger partial charge in [-0.25, -0.2) is 0 Å². The number of hydrogen-bond donors (Lipinski definition) is 2. The summed E-state index contributed by atoms with van der Waals surface area (Å²) < 4.78 is 5.79. The van der Waals surface area contributed by atoms with Gasteiger partial charge in [0.05, 0.1) is 12.2 Å². The summed E-state index contributed by atoms with van der Waals surface area (Å²) >= 11 is 0. The zero-order chi connectivity index (χ0) is 15.2. The molecule has 112 valence electrons. The van der Waals surface area contributed by atoms with Crippen LogP contribution in [-0.4, -0.2) is 17.6 Å². The van der Waals surface area contributed by atoms with Gasteiger partial charge in [-0.3, -0.25) is 4.79 Å². The molecule has 4 heteroatoms. The Hall–Kier alpha value is -2.23. The first kappa shape index (κ1) is 15.2. The molecule has 4 nitrogen and oxygen atoms in total. The summed E-state index contributed by atoms with van der Waals surface area (Å²) in [5.74, 6) is -0.154. The van der Waals surface area contributed by atoms with Crippen molar-refractivity contribution in [3.63, 3.8) is 0 Å². The fraction of sp³-hybridized carbons (Fsp3) is 0.353. The summed E-state index contributed by atoms with van der Waals surface area (Å²) in [4.78, 5) is 11.4. The van der Waals surface area contributed by atoms with E-state index in [1.807, 2.05) is 12.1 Å². The molecule has 0 aromatic heterocycles. The zero-order valence-corrected chi connectivity index (χ0v) is 12.3. The summed E-state index contributed by atoms with van der Waals surface area (Å²) in [5.41, 5.74) is 5.41. The Kier molecular flexibility index (Phi) is 5.04. The fourth-order valence-corrected chi connectivity index (χ4v) is 2.34. The number of nitrogens with two attached hydrogens (primary N) is 1. The van der Waals surface area contributed by atoms with E-state index in [1.54, 1.807) is 12.1 Å². The number of hydrogen-bond acceptors (Lipinski definition) is 3. The van der Waals surface area contributed by atoms with Crippen LogP contribution in [0.3, 0.4) is 0 Å². The van der Waals surface area contributed by atoms with Gasteiger partial charge in [0, 0.05) is 10.8 Å². The Morgan fingerprint density at radius 3 is 2.57 bits per heavy atom. The summed E-state index contributed by atoms with van der Waals surface area (Å²) in [7, 11) is 0. The average Bonchev–Trinajstić information content (AvgIpc) is 2.49. The van der Waals surface area contributed by atoms with Crippen LogP contribution in [-0.2, 0) is 0 Å². The maximum atomic E-state index is 11.4. The molecule has 0 radical (unpaired) electrons. The van der Waals surface area contributed by atoms with Crippen molar-refractivity contribution >= 4 is 16.7 Å². The molecule has 2 rings (SSSR count). The minimum absolute atomic E-state index is 0.0866. The van der Waals surface area contributed by atoms with Crippen LogP contribution in [0.4, 0.5) is 0 Å². The number of benzene rings is 2. The summed E-state index contributed by atoms with van der Waals surface area (Å²) in [5, 5.41) is 11.5. The SMILES string of the molecule is CCCCCCOc1cc(C(N)=O)c(O)c2ccccc12. The summed E-state index contributed by atoms with van der Waals surface area (Å²) in [6.07, 6.45) is 4.45. The van der Waals surface area contributed by atoms with Gasteiger partial charge in [0.1, 0.15) is 11.5 Å². The van der Waals surface area contributed by atoms with E-state index < -0.39 is 5.91 Å². The molecule has 0 aliphatic rings. The highest BCUT2D eigenvalue weighted by molar-refractivity contribution is 6.05. The van der Waals surface area contributed by atoms with Gasteiger partial charge in [-0.05, 0) is 12.5 Å². The van der Waals surface area contributed by atoms with E-state index in [-0.39, 0.29) is 11.3 Å². The van der Waals surface area contributed by atoms with Gasteiger partial charge >= 0.3 is 0 Å². The van der Waals surface area contributed by atoms with Gasteiger partial charge in [-0.2, -0.15) is 0 Å². The molecule has 0 unspecified atom stereocenters. The number of phenols is 1. The van der Waals surface area contributed by atoms with E-state index in [9.17, 15) is 9.90 Å². The fourth-order valence-electron chi connectivity index (χ4n) is 2.34. The molecule has 0 aliphatic heterocycles. The third-order valence-electron chi connectivity index (χ3n) is 3.50. The lowest BCUT2D eigenvalue weighted by molar-refractivity contribution is 0.0997. The average molecular weight is 287 g/mol. The van der Waals surface area contributed by atoms with E-state index in [0.29, 0.717) is 17.7 Å². The van der Waals surface area contributed by atoms with Crippen LogP contribution in [0.1, 0.15) is 43.0 Å². The van der Waals surface area contributed by atoms with Gasteiger partial charge in [0.25, 0.3) is 5.91 Å². The second kappa shape index (κ2) is 6.97. The number of primary amides is 1. The van der Waals surface area contributed by atoms with Crippen molar-refractivity contribution < 1.29 is 14.6 Å². The van der Waals surface area contributed by atoms with Crippen LogP contribution >= 0.6 is 0 Å². The topological polar surface area (TPSA) is 72.5 Å². The van der Waals surface area contributed by atoms with E-state index in [4.69, 9.17) is 10.5 Å². The molecular weight excluding hydrogens is 266 g/mol. The molecule has 0 saturated heterocycles. The second-order valence-corrected chi connectivity index (χ2v) is 5.09. The smallest absolute Gasteiger partial charge is 0.252 e. The van der Waals surface area contributed by atoms with Gasteiger partial charge in [-0.15, -0.1) is 0 Å². The Morgan fingerprint density at radius 1 is 1.19 bits per heavy atom. The van der Waals surface area contributed by atoms with E-state index in [2.05, 4.69) is 6.92 Å². The molecule has 0 aliphatic carbocycles. The van der Waals surface area contributed by atoms with Crippen LogP contribution in [0, 0.1) is 0 Å². The van der Waals surface area contributed by atoms with Gasteiger partial charge < -0.3 is 15.6 Å². The minimum atomic E-state index is -0.658. The van der Waals surface area contributed by atoms with E-state index in [0.717, 1.165) is 18.2 Å². The number of unbranched alkanes of at least 4 members (excludes halogenated alkanes) is 3. The Bertz CT molecular complexity index is 637. The number of carbonyl (C=O) groups is 1. The van der Waals surface area contributed by atoms with Crippen LogP contribution in [0.15, 0.2) is 30.3 Å². The minimum Gasteiger partial charge on any atom is -0.506 e. The van der Waals surface area contributed by atoms with Crippen LogP contribution in [0.2, 0.25) is 0 Å². The monoisotopic (exact) mass is 287 g/mol. The van der Waals surface area contributed by atoms with Crippen molar-refractivity contribution in [3.05, 3.63) is 35.9 Å². The van der Waals surface area contributed by atoms with Crippen molar-refractivity contribution in [2.45, 2.75) is 32.6 Å². The molecule has 3 N–H and O–H groups in total. The largest absolute Gasteiger partial charge is 0.506 e. The predicted octanol–water partition coefficient (Wildman–Crippen LogP) is 3.60. The predicted molar refractivity (Wildman–Crippen MR) is 83.8 cm³/mol.